The molecule has 0 heterocycles. The Kier molecular flexibility index (Phi) is 4.97. The molecule has 0 bridgehead atoms. The lowest BCUT2D eigenvalue weighted by atomic mass is 9.90. The molecule has 0 aliphatic heterocycles. The molecule has 1 rings (SSSR count). The van der Waals surface area contributed by atoms with Gasteiger partial charge in [0.05, 0.1) is 12.8 Å². The van der Waals surface area contributed by atoms with Crippen LogP contribution in [-0.2, 0) is 4.74 Å². The van der Waals surface area contributed by atoms with Crippen molar-refractivity contribution < 1.29 is 6.11 Å². The Morgan fingerprint density at radius 2 is 2.14 bits per heavy atom. The van der Waals surface area contributed by atoms with E-state index < -0.39 is 0 Å². The molecule has 1 atom stereocenters. The number of ether oxygens (including phenoxy) is 1. The van der Waals surface area contributed by atoms with Gasteiger partial charge in [0, 0.05) is 0 Å². The zero-order valence-electron chi connectivity index (χ0n) is 10.6. The van der Waals surface area contributed by atoms with Gasteiger partial charge in [-0.05, 0) is 37.2 Å². The average molecular weight is 197 g/mol. The summed E-state index contributed by atoms with van der Waals surface area (Å²) in [5.41, 5.74) is 0. The smallest absolute Gasteiger partial charge is 0.103 e. The highest BCUT2D eigenvalue weighted by molar-refractivity contribution is 4.79. The molecule has 0 N–H and O–H groups in total. The second kappa shape index (κ2) is 6.92. The van der Waals surface area contributed by atoms with Crippen LogP contribution in [0.2, 0.25) is 0 Å². The Labute approximate surface area is 89.9 Å². The minimum atomic E-state index is 0.370. The predicted octanol–water partition coefficient (Wildman–Crippen LogP) is 4.14. The van der Waals surface area contributed by atoms with Crippen molar-refractivity contribution >= 4 is 0 Å². The van der Waals surface area contributed by atoms with Gasteiger partial charge in [0.1, 0.15) is 1.37 Å². The largest absolute Gasteiger partial charge is 0.501 e. The summed E-state index contributed by atoms with van der Waals surface area (Å²) in [7, 11) is 0. The van der Waals surface area contributed by atoms with Crippen LogP contribution in [-0.4, -0.2) is 6.61 Å². The third-order valence-corrected chi connectivity index (χ3v) is 3.12. The van der Waals surface area contributed by atoms with Gasteiger partial charge < -0.3 is 4.74 Å². The van der Waals surface area contributed by atoms with Crippen molar-refractivity contribution in [2.45, 2.75) is 52.4 Å². The third kappa shape index (κ3) is 4.69. The molecule has 1 nitrogen and oxygen atoms in total. The maximum Gasteiger partial charge on any atom is 0.103 e. The SMILES string of the molecule is [2H]/C(=C/C(C)CC)OCC1CCCCC1. The van der Waals surface area contributed by atoms with E-state index in [-0.39, 0.29) is 0 Å². The predicted molar refractivity (Wildman–Crippen MR) is 61.1 cm³/mol. The topological polar surface area (TPSA) is 9.23 Å². The van der Waals surface area contributed by atoms with E-state index in [1.165, 1.54) is 32.1 Å². The van der Waals surface area contributed by atoms with Crippen molar-refractivity contribution in [1.82, 2.24) is 0 Å². The minimum Gasteiger partial charge on any atom is -0.501 e. The van der Waals surface area contributed by atoms with E-state index in [1.807, 2.05) is 6.08 Å². The fourth-order valence-electron chi connectivity index (χ4n) is 1.80. The van der Waals surface area contributed by atoms with Crippen LogP contribution >= 0.6 is 0 Å². The zero-order chi connectivity index (χ0) is 11.1. The summed E-state index contributed by atoms with van der Waals surface area (Å²) in [4.78, 5) is 0. The number of allylic oxidation sites excluding steroid dienone is 1. The van der Waals surface area contributed by atoms with Gasteiger partial charge in [-0.1, -0.05) is 33.1 Å². The highest BCUT2D eigenvalue weighted by Gasteiger charge is 2.12. The normalized spacial score (nSPS) is 23.0. The fourth-order valence-corrected chi connectivity index (χ4v) is 1.80. The fraction of sp³-hybridized carbons (Fsp3) is 0.846. The highest BCUT2D eigenvalue weighted by Crippen LogP contribution is 2.23. The van der Waals surface area contributed by atoms with Gasteiger partial charge in [-0.2, -0.15) is 0 Å². The second-order valence-corrected chi connectivity index (χ2v) is 4.49. The number of rotatable bonds is 5. The van der Waals surface area contributed by atoms with Crippen LogP contribution in [0.1, 0.15) is 53.7 Å². The van der Waals surface area contributed by atoms with Crippen molar-refractivity contribution in [3.05, 3.63) is 12.3 Å². The Morgan fingerprint density at radius 3 is 2.79 bits per heavy atom. The van der Waals surface area contributed by atoms with E-state index in [0.29, 0.717) is 18.1 Å². The Morgan fingerprint density at radius 1 is 1.43 bits per heavy atom. The summed E-state index contributed by atoms with van der Waals surface area (Å²) in [6.45, 7) is 5.01. The Bertz CT molecular complexity index is 195. The molecule has 0 radical (unpaired) electrons. The molecule has 1 unspecified atom stereocenters. The van der Waals surface area contributed by atoms with E-state index in [2.05, 4.69) is 13.8 Å². The van der Waals surface area contributed by atoms with Crippen molar-refractivity contribution in [3.8, 4) is 0 Å². The van der Waals surface area contributed by atoms with Gasteiger partial charge in [-0.3, -0.25) is 0 Å². The first kappa shape index (κ1) is 10.1. The zero-order valence-corrected chi connectivity index (χ0v) is 9.59. The van der Waals surface area contributed by atoms with Crippen LogP contribution in [0.15, 0.2) is 12.3 Å². The van der Waals surface area contributed by atoms with E-state index >= 15 is 0 Å². The molecule has 0 aromatic heterocycles. The third-order valence-electron chi connectivity index (χ3n) is 3.12. The average Bonchev–Trinajstić information content (AvgIpc) is 2.27. The summed E-state index contributed by atoms with van der Waals surface area (Å²) < 4.78 is 13.1. The van der Waals surface area contributed by atoms with Crippen molar-refractivity contribution in [1.29, 1.82) is 0 Å². The van der Waals surface area contributed by atoms with E-state index in [9.17, 15) is 0 Å². The summed E-state index contributed by atoms with van der Waals surface area (Å²) in [6, 6.07) is 0. The van der Waals surface area contributed by atoms with Gasteiger partial charge in [0.15, 0.2) is 0 Å². The molecule has 0 saturated heterocycles. The Hall–Kier alpha value is -0.460. The van der Waals surface area contributed by atoms with Crippen LogP contribution in [0.5, 0.6) is 0 Å². The standard InChI is InChI=1S/C13H24O/c1-3-12(2)9-10-14-11-13-7-5-4-6-8-13/h9-10,12-13H,3-8,11H2,1-2H3/b10-9-/i10D. The number of hydrogen-bond acceptors (Lipinski definition) is 1. The van der Waals surface area contributed by atoms with Gasteiger partial charge in [-0.15, -0.1) is 0 Å². The molecule has 1 aliphatic rings. The van der Waals surface area contributed by atoms with Crippen LogP contribution in [0.3, 0.4) is 0 Å². The molecule has 1 heteroatoms. The van der Waals surface area contributed by atoms with Crippen molar-refractivity contribution in [3.63, 3.8) is 0 Å². The molecule has 82 valence electrons. The summed E-state index contributed by atoms with van der Waals surface area (Å²) in [5.74, 6) is 1.16. The lowest BCUT2D eigenvalue weighted by Crippen LogP contribution is -2.11. The molecule has 0 amide bonds. The lowest BCUT2D eigenvalue weighted by Gasteiger charge is -2.20. The van der Waals surface area contributed by atoms with Crippen molar-refractivity contribution in [2.75, 3.05) is 6.61 Å². The maximum atomic E-state index is 7.66. The Balaban J connectivity index is 2.20. The van der Waals surface area contributed by atoms with Gasteiger partial charge in [0.25, 0.3) is 0 Å². The monoisotopic (exact) mass is 197 g/mol. The maximum absolute atomic E-state index is 7.66. The first-order valence-electron chi connectivity index (χ1n) is 6.53. The second-order valence-electron chi connectivity index (χ2n) is 4.49. The molecule has 14 heavy (non-hydrogen) atoms. The summed E-state index contributed by atoms with van der Waals surface area (Å²) >= 11 is 0. The first-order valence-corrected chi connectivity index (χ1v) is 6.03. The first-order chi connectivity index (χ1) is 7.22. The minimum absolute atomic E-state index is 0.370. The van der Waals surface area contributed by atoms with Crippen LogP contribution < -0.4 is 0 Å². The molecule has 1 saturated carbocycles. The van der Waals surface area contributed by atoms with E-state index in [0.717, 1.165) is 13.0 Å². The van der Waals surface area contributed by atoms with E-state index in [1.54, 1.807) is 0 Å². The van der Waals surface area contributed by atoms with Crippen LogP contribution in [0.25, 0.3) is 0 Å². The molecule has 0 spiro atoms. The van der Waals surface area contributed by atoms with Crippen LogP contribution in [0.4, 0.5) is 0 Å². The van der Waals surface area contributed by atoms with Gasteiger partial charge >= 0.3 is 0 Å². The quantitative estimate of drug-likeness (QED) is 0.602. The molecule has 1 fully saturated rings. The highest BCUT2D eigenvalue weighted by atomic mass is 16.5. The molecule has 0 aromatic carbocycles. The van der Waals surface area contributed by atoms with Gasteiger partial charge in [0.2, 0.25) is 0 Å². The van der Waals surface area contributed by atoms with E-state index in [4.69, 9.17) is 6.11 Å². The number of hydrogen-bond donors (Lipinski definition) is 0. The summed E-state index contributed by atoms with van der Waals surface area (Å²) in [6.07, 6.45) is 10.0. The summed E-state index contributed by atoms with van der Waals surface area (Å²) in [5, 5.41) is 0. The van der Waals surface area contributed by atoms with Crippen LogP contribution in [0, 0.1) is 11.8 Å². The molecular formula is C13H24O. The van der Waals surface area contributed by atoms with Gasteiger partial charge in [-0.25, -0.2) is 0 Å². The van der Waals surface area contributed by atoms with Crippen molar-refractivity contribution in [2.24, 2.45) is 11.8 Å². The molecule has 1 aliphatic carbocycles. The molecule has 0 aromatic rings. The molecular weight excluding hydrogens is 172 g/mol. The lowest BCUT2D eigenvalue weighted by molar-refractivity contribution is 0.164.